The van der Waals surface area contributed by atoms with Crippen LogP contribution in [0.4, 0.5) is 0 Å². The third kappa shape index (κ3) is 35.4. The fraction of sp³-hybridized carbons (Fsp3) is 0.958. The Hall–Kier alpha value is -0.710. The molecule has 0 aromatic heterocycles. The Morgan fingerprint density at radius 2 is 0.679 bits per heavy atom. The average Bonchev–Trinajstić information content (AvgIpc) is 3.15. The zero-order chi connectivity index (χ0) is 38.9. The number of carbonyl (C=O) groups excluding carboxylic acids is 2. The molecule has 0 bridgehead atoms. The van der Waals surface area contributed by atoms with Crippen molar-refractivity contribution >= 4 is 23.7 Å². The van der Waals surface area contributed by atoms with Gasteiger partial charge in [-0.3, -0.25) is 9.59 Å². The van der Waals surface area contributed by atoms with E-state index >= 15 is 0 Å². The summed E-state index contributed by atoms with van der Waals surface area (Å²) < 4.78 is 10.9. The number of ether oxygens (including phenoxy) is 2. The smallest absolute Gasteiger partial charge is 0.321 e. The molecule has 0 aliphatic heterocycles. The molecule has 53 heavy (non-hydrogen) atoms. The second-order valence-electron chi connectivity index (χ2n) is 16.7. The van der Waals surface area contributed by atoms with E-state index < -0.39 is 4.75 Å². The number of hydrogen-bond acceptors (Lipinski definition) is 5. The molecular formula is C48H94O4S. The fourth-order valence-corrected chi connectivity index (χ4v) is 8.81. The van der Waals surface area contributed by atoms with Gasteiger partial charge in [0.15, 0.2) is 0 Å². The third-order valence-electron chi connectivity index (χ3n) is 11.2. The summed E-state index contributed by atoms with van der Waals surface area (Å²) in [7, 11) is 0. The molecule has 0 saturated carbocycles. The first-order chi connectivity index (χ1) is 25.9. The minimum atomic E-state index is -0.718. The normalized spacial score (nSPS) is 13.2. The van der Waals surface area contributed by atoms with Crippen LogP contribution in [0.3, 0.4) is 0 Å². The lowest BCUT2D eigenvalue weighted by Gasteiger charge is -2.29. The van der Waals surface area contributed by atoms with Gasteiger partial charge in [-0.1, -0.05) is 239 Å². The highest BCUT2D eigenvalue weighted by Crippen LogP contribution is 2.36. The predicted octanol–water partition coefficient (Wildman–Crippen LogP) is 16.4. The molecule has 0 spiro atoms. The Morgan fingerprint density at radius 1 is 0.415 bits per heavy atom. The molecule has 0 aliphatic rings. The SMILES string of the molecule is CCCCCCCCCCCCCCCCCCC(C)(SC(C)C(=O)OCCCCCCCCCCCC)C(=O)OCCCCCCCCCCCC. The van der Waals surface area contributed by atoms with Crippen molar-refractivity contribution in [2.45, 2.75) is 282 Å². The molecular weight excluding hydrogens is 673 g/mol. The summed E-state index contributed by atoms with van der Waals surface area (Å²) in [6.45, 7) is 11.7. The summed E-state index contributed by atoms with van der Waals surface area (Å²) in [5.41, 5.74) is 0. The van der Waals surface area contributed by atoms with Gasteiger partial charge >= 0.3 is 11.9 Å². The lowest BCUT2D eigenvalue weighted by atomic mass is 10.00. The van der Waals surface area contributed by atoms with Crippen LogP contribution in [0.1, 0.15) is 272 Å². The van der Waals surface area contributed by atoms with Gasteiger partial charge in [0.25, 0.3) is 0 Å². The predicted molar refractivity (Wildman–Crippen MR) is 235 cm³/mol. The van der Waals surface area contributed by atoms with Gasteiger partial charge in [-0.05, 0) is 33.1 Å². The van der Waals surface area contributed by atoms with Crippen LogP contribution in [0.15, 0.2) is 0 Å². The molecule has 0 heterocycles. The summed E-state index contributed by atoms with van der Waals surface area (Å²) in [5, 5.41) is -0.381. The van der Waals surface area contributed by atoms with Crippen LogP contribution < -0.4 is 0 Å². The Balaban J connectivity index is 4.47. The van der Waals surface area contributed by atoms with Crippen LogP contribution in [-0.2, 0) is 19.1 Å². The topological polar surface area (TPSA) is 52.6 Å². The molecule has 0 aromatic rings. The molecule has 0 aliphatic carbocycles. The van der Waals surface area contributed by atoms with E-state index in [4.69, 9.17) is 9.47 Å². The van der Waals surface area contributed by atoms with Gasteiger partial charge in [-0.15, -0.1) is 11.8 Å². The van der Waals surface area contributed by atoms with Crippen molar-refractivity contribution in [2.24, 2.45) is 0 Å². The lowest BCUT2D eigenvalue weighted by Crippen LogP contribution is -2.37. The van der Waals surface area contributed by atoms with E-state index in [-0.39, 0.29) is 17.2 Å². The van der Waals surface area contributed by atoms with E-state index in [1.807, 2.05) is 13.8 Å². The minimum absolute atomic E-state index is 0.145. The van der Waals surface area contributed by atoms with Crippen molar-refractivity contribution in [2.75, 3.05) is 13.2 Å². The van der Waals surface area contributed by atoms with Crippen molar-refractivity contribution in [3.8, 4) is 0 Å². The first kappa shape index (κ1) is 52.3. The van der Waals surface area contributed by atoms with Crippen molar-refractivity contribution in [1.82, 2.24) is 0 Å². The van der Waals surface area contributed by atoms with Gasteiger partial charge in [0.1, 0.15) is 10.00 Å². The summed E-state index contributed by atoms with van der Waals surface area (Å²) in [5.74, 6) is -0.333. The van der Waals surface area contributed by atoms with Crippen LogP contribution >= 0.6 is 11.8 Å². The zero-order valence-electron chi connectivity index (χ0n) is 36.7. The molecule has 0 rings (SSSR count). The molecule has 0 N–H and O–H groups in total. The van der Waals surface area contributed by atoms with E-state index in [1.165, 1.54) is 204 Å². The highest BCUT2D eigenvalue weighted by molar-refractivity contribution is 8.02. The van der Waals surface area contributed by atoms with Gasteiger partial charge in [0.05, 0.1) is 13.2 Å². The monoisotopic (exact) mass is 767 g/mol. The van der Waals surface area contributed by atoms with Gasteiger partial charge < -0.3 is 9.47 Å². The van der Waals surface area contributed by atoms with Crippen molar-refractivity contribution < 1.29 is 19.1 Å². The standard InChI is InChI=1S/C48H94O4S/c1-6-9-12-15-18-21-24-25-26-27-28-29-30-33-36-39-42-48(5,47(50)52-44-41-38-35-32-23-20-17-14-11-8-3)53-45(4)46(49)51-43-40-37-34-31-22-19-16-13-10-7-2/h45H,6-44H2,1-5H3. The molecule has 2 atom stereocenters. The van der Waals surface area contributed by atoms with E-state index in [1.54, 1.807) is 0 Å². The molecule has 0 fully saturated rings. The molecule has 4 nitrogen and oxygen atoms in total. The van der Waals surface area contributed by atoms with Crippen LogP contribution in [0, 0.1) is 0 Å². The molecule has 316 valence electrons. The maximum atomic E-state index is 13.5. The second kappa shape index (κ2) is 40.9. The number of hydrogen-bond donors (Lipinski definition) is 0. The van der Waals surface area contributed by atoms with E-state index in [0.29, 0.717) is 13.2 Å². The highest BCUT2D eigenvalue weighted by atomic mass is 32.2. The molecule has 2 unspecified atom stereocenters. The second-order valence-corrected chi connectivity index (χ2v) is 18.6. The van der Waals surface area contributed by atoms with Crippen molar-refractivity contribution in [1.29, 1.82) is 0 Å². The van der Waals surface area contributed by atoms with Crippen LogP contribution in [0.5, 0.6) is 0 Å². The van der Waals surface area contributed by atoms with Crippen LogP contribution in [-0.4, -0.2) is 35.1 Å². The van der Waals surface area contributed by atoms with Crippen LogP contribution in [0.2, 0.25) is 0 Å². The van der Waals surface area contributed by atoms with E-state index in [9.17, 15) is 9.59 Å². The Kier molecular flexibility index (Phi) is 40.4. The summed E-state index contributed by atoms with van der Waals surface area (Å²) >= 11 is 1.47. The molecule has 5 heteroatoms. The number of carbonyl (C=O) groups is 2. The first-order valence-electron chi connectivity index (χ1n) is 23.9. The quantitative estimate of drug-likeness (QED) is 0.0457. The summed E-state index contributed by atoms with van der Waals surface area (Å²) in [4.78, 5) is 26.5. The summed E-state index contributed by atoms with van der Waals surface area (Å²) in [6.07, 6.45) is 47.4. The van der Waals surface area contributed by atoms with Gasteiger partial charge in [0, 0.05) is 0 Å². The minimum Gasteiger partial charge on any atom is -0.465 e. The van der Waals surface area contributed by atoms with Crippen LogP contribution in [0.25, 0.3) is 0 Å². The first-order valence-corrected chi connectivity index (χ1v) is 24.8. The number of unbranched alkanes of at least 4 members (excludes halogenated alkanes) is 33. The molecule has 0 amide bonds. The molecule has 0 saturated heterocycles. The summed E-state index contributed by atoms with van der Waals surface area (Å²) in [6, 6.07) is 0. The largest absolute Gasteiger partial charge is 0.465 e. The highest BCUT2D eigenvalue weighted by Gasteiger charge is 2.38. The van der Waals surface area contributed by atoms with Crippen molar-refractivity contribution in [3.63, 3.8) is 0 Å². The molecule has 0 radical (unpaired) electrons. The fourth-order valence-electron chi connectivity index (χ4n) is 7.44. The zero-order valence-corrected chi connectivity index (χ0v) is 37.5. The number of esters is 2. The van der Waals surface area contributed by atoms with E-state index in [2.05, 4.69) is 20.8 Å². The number of thioether (sulfide) groups is 1. The maximum Gasteiger partial charge on any atom is 0.321 e. The average molecular weight is 767 g/mol. The number of rotatable bonds is 43. The van der Waals surface area contributed by atoms with Gasteiger partial charge in [-0.2, -0.15) is 0 Å². The van der Waals surface area contributed by atoms with Gasteiger partial charge in [0.2, 0.25) is 0 Å². The third-order valence-corrected chi connectivity index (χ3v) is 12.6. The Morgan fingerprint density at radius 3 is 1.00 bits per heavy atom. The molecule has 0 aromatic carbocycles. The van der Waals surface area contributed by atoms with Crippen molar-refractivity contribution in [3.05, 3.63) is 0 Å². The maximum absolute atomic E-state index is 13.5. The lowest BCUT2D eigenvalue weighted by molar-refractivity contribution is -0.146. The Labute approximate surface area is 337 Å². The Bertz CT molecular complexity index is 773. The van der Waals surface area contributed by atoms with E-state index in [0.717, 1.165) is 44.9 Å². The van der Waals surface area contributed by atoms with Gasteiger partial charge in [-0.25, -0.2) is 0 Å².